The molecule has 1 aliphatic rings. The lowest BCUT2D eigenvalue weighted by atomic mass is 10.1. The third-order valence-electron chi connectivity index (χ3n) is 3.27. The van der Waals surface area contributed by atoms with Crippen molar-refractivity contribution in [2.45, 2.75) is 24.8 Å². The molecule has 22 heavy (non-hydrogen) atoms. The first kappa shape index (κ1) is 16.0. The van der Waals surface area contributed by atoms with Gasteiger partial charge in [-0.3, -0.25) is 14.3 Å². The molecule has 4 N–H and O–H groups in total. The molecule has 1 fully saturated rings. The van der Waals surface area contributed by atoms with Crippen LogP contribution in [0.4, 0.5) is 4.79 Å². The predicted molar refractivity (Wildman–Crippen MR) is 77.4 cm³/mol. The number of carbonyl (C=O) groups excluding carboxylic acids is 1. The van der Waals surface area contributed by atoms with Crippen LogP contribution in [0.25, 0.3) is 0 Å². The lowest BCUT2D eigenvalue weighted by Crippen LogP contribution is -2.43. The van der Waals surface area contributed by atoms with E-state index in [0.29, 0.717) is 6.42 Å². The number of H-pyrrole nitrogens is 1. The van der Waals surface area contributed by atoms with Gasteiger partial charge in [0.2, 0.25) is 0 Å². The van der Waals surface area contributed by atoms with Crippen LogP contribution in [0.2, 0.25) is 0 Å². The molecule has 1 aliphatic heterocycles. The van der Waals surface area contributed by atoms with Gasteiger partial charge in [-0.1, -0.05) is 12.7 Å². The molecule has 3 atom stereocenters. The zero-order valence-corrected chi connectivity index (χ0v) is 11.9. The van der Waals surface area contributed by atoms with Crippen molar-refractivity contribution in [3.63, 3.8) is 0 Å². The van der Waals surface area contributed by atoms with Gasteiger partial charge in [0.1, 0.15) is 12.8 Å². The van der Waals surface area contributed by atoms with Gasteiger partial charge in [-0.2, -0.15) is 0 Å². The number of nitrogens with two attached hydrogens (primary N) is 1. The van der Waals surface area contributed by atoms with E-state index >= 15 is 0 Å². The second kappa shape index (κ2) is 7.05. The molecule has 1 aromatic heterocycles. The molecule has 9 nitrogen and oxygen atoms in total. The minimum atomic E-state index is -0.623. The predicted octanol–water partition coefficient (Wildman–Crippen LogP) is -0.936. The summed E-state index contributed by atoms with van der Waals surface area (Å²) in [5.74, 6) is 0. The molecular formula is C13H18N4O5. The van der Waals surface area contributed by atoms with Crippen LogP contribution in [0.1, 0.15) is 12.6 Å². The summed E-state index contributed by atoms with van der Waals surface area (Å²) in [4.78, 5) is 36.6. The highest BCUT2D eigenvalue weighted by Gasteiger charge is 2.37. The van der Waals surface area contributed by atoms with Crippen molar-refractivity contribution in [2.24, 2.45) is 5.73 Å². The fraction of sp³-hybridized carbons (Fsp3) is 0.462. The summed E-state index contributed by atoms with van der Waals surface area (Å²) in [6.07, 6.45) is 1.44. The summed E-state index contributed by atoms with van der Waals surface area (Å²) in [6.45, 7) is 3.71. The van der Waals surface area contributed by atoms with Gasteiger partial charge in [0.05, 0.1) is 12.1 Å². The van der Waals surface area contributed by atoms with E-state index in [2.05, 4.69) is 16.9 Å². The maximum absolute atomic E-state index is 11.8. The monoisotopic (exact) mass is 310 g/mol. The summed E-state index contributed by atoms with van der Waals surface area (Å²) in [5.41, 5.74) is 4.56. The molecule has 0 bridgehead atoms. The highest BCUT2D eigenvalue weighted by atomic mass is 16.6. The number of alkyl carbamates (subject to hydrolysis) is 1. The van der Waals surface area contributed by atoms with Crippen LogP contribution in [-0.2, 0) is 9.47 Å². The van der Waals surface area contributed by atoms with E-state index in [1.54, 1.807) is 0 Å². The second-order valence-corrected chi connectivity index (χ2v) is 4.76. The normalized spacial score (nSPS) is 24.0. The van der Waals surface area contributed by atoms with Gasteiger partial charge in [0.25, 0.3) is 5.56 Å². The number of nitrogens with zero attached hydrogens (tertiary/aromatic N) is 1. The molecule has 1 aromatic rings. The molecule has 0 saturated carbocycles. The number of amides is 1. The fourth-order valence-corrected chi connectivity index (χ4v) is 2.25. The topological polar surface area (TPSA) is 128 Å². The van der Waals surface area contributed by atoms with Gasteiger partial charge >= 0.3 is 11.8 Å². The Kier molecular flexibility index (Phi) is 5.12. The van der Waals surface area contributed by atoms with Gasteiger partial charge in [0.15, 0.2) is 0 Å². The molecule has 2 heterocycles. The van der Waals surface area contributed by atoms with Crippen LogP contribution >= 0.6 is 0 Å². The molecule has 0 aromatic carbocycles. The zero-order valence-electron chi connectivity index (χ0n) is 11.9. The number of hydrogen-bond acceptors (Lipinski definition) is 6. The number of hydrogen-bond donors (Lipinski definition) is 3. The first-order chi connectivity index (χ1) is 10.5. The van der Waals surface area contributed by atoms with E-state index < -0.39 is 35.7 Å². The smallest absolute Gasteiger partial charge is 0.407 e. The standard InChI is InChI=1S/C13H18N4O5/c1-2-5-21-13(20)15-8-6-11(22-9(8)7-14)17-4-3-10(18)16-12(17)19/h2-4,8-9,11H,1,5-7,14H2,(H,15,20)(H,16,18,19)/t8-,9+,11+/m0/s1. The van der Waals surface area contributed by atoms with Gasteiger partial charge in [-0.15, -0.1) is 0 Å². The van der Waals surface area contributed by atoms with E-state index in [0.717, 1.165) is 0 Å². The number of carbonyl (C=O) groups is 1. The van der Waals surface area contributed by atoms with E-state index in [9.17, 15) is 14.4 Å². The first-order valence-electron chi connectivity index (χ1n) is 6.76. The number of aromatic amines is 1. The average molecular weight is 310 g/mol. The SMILES string of the molecule is C=CCOC(=O)N[C@H]1C[C@H](n2ccc(=O)[nH]c2=O)O[C@@H]1CN. The highest BCUT2D eigenvalue weighted by molar-refractivity contribution is 5.67. The first-order valence-corrected chi connectivity index (χ1v) is 6.76. The van der Waals surface area contributed by atoms with E-state index in [4.69, 9.17) is 15.2 Å². The van der Waals surface area contributed by atoms with Crippen LogP contribution in [-0.4, -0.2) is 40.9 Å². The Bertz CT molecular complexity index is 652. The Balaban J connectivity index is 2.08. The van der Waals surface area contributed by atoms with Gasteiger partial charge in [-0.05, 0) is 0 Å². The molecule has 0 spiro atoms. The number of ether oxygens (including phenoxy) is 2. The van der Waals surface area contributed by atoms with E-state index in [1.807, 2.05) is 0 Å². The average Bonchev–Trinajstić information content (AvgIpc) is 2.87. The summed E-state index contributed by atoms with van der Waals surface area (Å²) in [5, 5.41) is 2.64. The van der Waals surface area contributed by atoms with Crippen molar-refractivity contribution in [3.8, 4) is 0 Å². The minimum absolute atomic E-state index is 0.0928. The van der Waals surface area contributed by atoms with E-state index in [1.165, 1.54) is 22.9 Å². The largest absolute Gasteiger partial charge is 0.445 e. The van der Waals surface area contributed by atoms with Crippen LogP contribution in [0.5, 0.6) is 0 Å². The van der Waals surface area contributed by atoms with Gasteiger partial charge in [0, 0.05) is 25.2 Å². The van der Waals surface area contributed by atoms with Gasteiger partial charge in [-0.25, -0.2) is 9.59 Å². The second-order valence-electron chi connectivity index (χ2n) is 4.76. The Morgan fingerprint density at radius 2 is 2.41 bits per heavy atom. The van der Waals surface area contributed by atoms with E-state index in [-0.39, 0.29) is 13.2 Å². The van der Waals surface area contributed by atoms with Crippen LogP contribution in [0, 0.1) is 0 Å². The fourth-order valence-electron chi connectivity index (χ4n) is 2.25. The third kappa shape index (κ3) is 3.62. The molecule has 1 saturated heterocycles. The molecule has 0 aliphatic carbocycles. The molecular weight excluding hydrogens is 292 g/mol. The van der Waals surface area contributed by atoms with Crippen molar-refractivity contribution in [1.29, 1.82) is 0 Å². The number of nitrogens with one attached hydrogen (secondary N) is 2. The van der Waals surface area contributed by atoms with Crippen LogP contribution in [0.3, 0.4) is 0 Å². The highest BCUT2D eigenvalue weighted by Crippen LogP contribution is 2.27. The maximum Gasteiger partial charge on any atom is 0.407 e. The molecule has 0 radical (unpaired) electrons. The van der Waals surface area contributed by atoms with Crippen LogP contribution < -0.4 is 22.3 Å². The number of aromatic nitrogens is 2. The Morgan fingerprint density at radius 3 is 3.05 bits per heavy atom. The maximum atomic E-state index is 11.8. The quantitative estimate of drug-likeness (QED) is 0.602. The molecule has 1 amide bonds. The third-order valence-corrected chi connectivity index (χ3v) is 3.27. The molecule has 2 rings (SSSR count). The van der Waals surface area contributed by atoms with Crippen molar-refractivity contribution in [1.82, 2.24) is 14.9 Å². The summed E-state index contributed by atoms with van der Waals surface area (Å²) >= 11 is 0. The number of rotatable bonds is 5. The van der Waals surface area contributed by atoms with Crippen molar-refractivity contribution in [2.75, 3.05) is 13.2 Å². The lowest BCUT2D eigenvalue weighted by Gasteiger charge is -2.17. The summed E-state index contributed by atoms with van der Waals surface area (Å²) in [6, 6.07) is 0.826. The Labute approximate surface area is 125 Å². The molecule has 9 heteroatoms. The van der Waals surface area contributed by atoms with Crippen LogP contribution in [0.15, 0.2) is 34.5 Å². The minimum Gasteiger partial charge on any atom is -0.445 e. The van der Waals surface area contributed by atoms with Crippen molar-refractivity contribution >= 4 is 6.09 Å². The Hall–Kier alpha value is -2.39. The summed E-state index contributed by atoms with van der Waals surface area (Å²) in [7, 11) is 0. The molecule has 0 unspecified atom stereocenters. The lowest BCUT2D eigenvalue weighted by molar-refractivity contribution is 0.0000635. The zero-order chi connectivity index (χ0) is 16.1. The Morgan fingerprint density at radius 1 is 1.64 bits per heavy atom. The molecule has 120 valence electrons. The summed E-state index contributed by atoms with van der Waals surface area (Å²) < 4.78 is 11.8. The van der Waals surface area contributed by atoms with Crippen molar-refractivity contribution < 1.29 is 14.3 Å². The van der Waals surface area contributed by atoms with Crippen molar-refractivity contribution in [3.05, 3.63) is 45.8 Å². The van der Waals surface area contributed by atoms with Gasteiger partial charge < -0.3 is 20.5 Å².